The van der Waals surface area contributed by atoms with Crippen LogP contribution in [0.15, 0.2) is 12.7 Å². The van der Waals surface area contributed by atoms with Gasteiger partial charge in [-0.2, -0.15) is 0 Å². The molecule has 0 bridgehead atoms. The van der Waals surface area contributed by atoms with Gasteiger partial charge in [-0.15, -0.1) is 6.58 Å². The van der Waals surface area contributed by atoms with Crippen molar-refractivity contribution in [2.45, 2.75) is 88.0 Å². The number of hydrogen-bond donors (Lipinski definition) is 1. The summed E-state index contributed by atoms with van der Waals surface area (Å²) < 4.78 is 12.2. The van der Waals surface area contributed by atoms with Crippen LogP contribution in [0.3, 0.4) is 0 Å². The molecule has 5 heteroatoms. The topological polar surface area (TPSA) is 42.0 Å². The Morgan fingerprint density at radius 2 is 2.05 bits per heavy atom. The molecule has 1 aliphatic heterocycles. The molecule has 0 amide bonds. The Morgan fingerprint density at radius 1 is 1.36 bits per heavy atom. The minimum absolute atomic E-state index is 0.0243. The van der Waals surface area contributed by atoms with Crippen LogP contribution in [0.25, 0.3) is 0 Å². The maximum absolute atomic E-state index is 10.7. The van der Waals surface area contributed by atoms with Crippen molar-refractivity contribution < 1.29 is 14.3 Å². The SMILES string of the molecule is C=C[C@@H]([C@H](O)[C@H]1O[C@@H]1CCCBr)[Si](C)(C)OC1CCCCC1. The zero-order valence-corrected chi connectivity index (χ0v) is 16.6. The van der Waals surface area contributed by atoms with E-state index in [1.807, 2.05) is 6.08 Å². The van der Waals surface area contributed by atoms with Crippen molar-refractivity contribution in [1.29, 1.82) is 0 Å². The summed E-state index contributed by atoms with van der Waals surface area (Å²) in [7, 11) is -2.02. The molecule has 1 N–H and O–H groups in total. The lowest BCUT2D eigenvalue weighted by Gasteiger charge is -2.37. The molecule has 1 heterocycles. The number of halogens is 1. The highest BCUT2D eigenvalue weighted by molar-refractivity contribution is 9.09. The van der Waals surface area contributed by atoms with Crippen molar-refractivity contribution in [3.63, 3.8) is 0 Å². The summed E-state index contributed by atoms with van der Waals surface area (Å²) in [5.74, 6) is 0. The van der Waals surface area contributed by atoms with Gasteiger partial charge in [0.2, 0.25) is 0 Å². The molecule has 1 saturated carbocycles. The molecule has 2 aliphatic rings. The minimum atomic E-state index is -2.02. The monoisotopic (exact) mass is 390 g/mol. The van der Waals surface area contributed by atoms with Gasteiger partial charge in [0, 0.05) is 17.0 Å². The fourth-order valence-corrected chi connectivity index (χ4v) is 6.85. The van der Waals surface area contributed by atoms with Crippen molar-refractivity contribution in [2.24, 2.45) is 0 Å². The van der Waals surface area contributed by atoms with Crippen LogP contribution >= 0.6 is 15.9 Å². The highest BCUT2D eigenvalue weighted by Crippen LogP contribution is 2.40. The summed E-state index contributed by atoms with van der Waals surface area (Å²) in [4.78, 5) is 0. The van der Waals surface area contributed by atoms with Crippen molar-refractivity contribution >= 4 is 24.2 Å². The Morgan fingerprint density at radius 3 is 2.64 bits per heavy atom. The smallest absolute Gasteiger partial charge is 0.196 e. The quantitative estimate of drug-likeness (QED) is 0.274. The van der Waals surface area contributed by atoms with Gasteiger partial charge in [0.1, 0.15) is 6.10 Å². The standard InChI is InChI=1S/C17H31BrO3Si/c1-4-15(16(19)17-14(20-17)11-8-12-18)22(2,3)21-13-9-6-5-7-10-13/h4,13-17,19H,1,5-12H2,2-3H3/t14-,15+,16+,17+/m1/s1. The maximum atomic E-state index is 10.7. The molecule has 0 unspecified atom stereocenters. The van der Waals surface area contributed by atoms with Crippen LogP contribution in [0.1, 0.15) is 44.9 Å². The second kappa shape index (κ2) is 8.43. The third kappa shape index (κ3) is 4.90. The van der Waals surface area contributed by atoms with E-state index in [1.165, 1.54) is 32.1 Å². The maximum Gasteiger partial charge on any atom is 0.196 e. The second-order valence-electron chi connectivity index (χ2n) is 7.20. The molecule has 22 heavy (non-hydrogen) atoms. The number of alkyl halides is 1. The third-order valence-electron chi connectivity index (χ3n) is 5.03. The van der Waals surface area contributed by atoms with Crippen LogP contribution in [0.5, 0.6) is 0 Å². The molecule has 128 valence electrons. The number of rotatable bonds is 9. The number of epoxide rings is 1. The number of hydrogen-bond acceptors (Lipinski definition) is 3. The Labute approximate surface area is 144 Å². The Bertz CT molecular complexity index is 358. The number of ether oxygens (including phenoxy) is 1. The lowest BCUT2D eigenvalue weighted by atomic mass is 9.98. The molecule has 0 spiro atoms. The number of aliphatic hydroxyl groups is 1. The summed E-state index contributed by atoms with van der Waals surface area (Å²) in [5, 5.41) is 11.7. The largest absolute Gasteiger partial charge is 0.414 e. The average Bonchev–Trinajstić information content (AvgIpc) is 3.25. The molecule has 0 radical (unpaired) electrons. The van der Waals surface area contributed by atoms with E-state index in [9.17, 15) is 5.11 Å². The van der Waals surface area contributed by atoms with Crippen LogP contribution in [-0.4, -0.2) is 43.2 Å². The second-order valence-corrected chi connectivity index (χ2v) is 12.1. The van der Waals surface area contributed by atoms with E-state index < -0.39 is 14.4 Å². The molecule has 0 aromatic heterocycles. The Hall–Kier alpha value is 0.317. The van der Waals surface area contributed by atoms with Gasteiger partial charge >= 0.3 is 0 Å². The van der Waals surface area contributed by atoms with Gasteiger partial charge in [-0.1, -0.05) is 41.3 Å². The van der Waals surface area contributed by atoms with Crippen LogP contribution in [-0.2, 0) is 9.16 Å². The van der Waals surface area contributed by atoms with Crippen LogP contribution in [0.2, 0.25) is 18.6 Å². The normalized spacial score (nSPS) is 29.1. The fourth-order valence-electron chi connectivity index (χ4n) is 3.70. The van der Waals surface area contributed by atoms with E-state index in [4.69, 9.17) is 9.16 Å². The highest BCUT2D eigenvalue weighted by Gasteiger charge is 2.50. The summed E-state index contributed by atoms with van der Waals surface area (Å²) in [6.45, 7) is 8.40. The van der Waals surface area contributed by atoms with Gasteiger partial charge in [0.25, 0.3) is 0 Å². The van der Waals surface area contributed by atoms with Gasteiger partial charge < -0.3 is 14.3 Å². The van der Waals surface area contributed by atoms with E-state index in [0.29, 0.717) is 6.10 Å². The van der Waals surface area contributed by atoms with Crippen molar-refractivity contribution in [2.75, 3.05) is 5.33 Å². The molecule has 1 saturated heterocycles. The Kier molecular flexibility index (Phi) is 7.14. The van der Waals surface area contributed by atoms with Crippen LogP contribution in [0.4, 0.5) is 0 Å². The van der Waals surface area contributed by atoms with Gasteiger partial charge in [0.05, 0.1) is 12.2 Å². The molecule has 0 aromatic rings. The van der Waals surface area contributed by atoms with E-state index in [-0.39, 0.29) is 17.7 Å². The lowest BCUT2D eigenvalue weighted by Crippen LogP contribution is -2.46. The molecule has 2 fully saturated rings. The van der Waals surface area contributed by atoms with Gasteiger partial charge in [-0.25, -0.2) is 0 Å². The third-order valence-corrected chi connectivity index (χ3v) is 8.71. The lowest BCUT2D eigenvalue weighted by molar-refractivity contribution is 0.108. The van der Waals surface area contributed by atoms with Gasteiger partial charge in [-0.05, 0) is 38.8 Å². The van der Waals surface area contributed by atoms with Crippen molar-refractivity contribution in [1.82, 2.24) is 0 Å². The molecule has 3 nitrogen and oxygen atoms in total. The zero-order chi connectivity index (χ0) is 16.2. The summed E-state index contributed by atoms with van der Waals surface area (Å²) in [6, 6.07) is 0. The van der Waals surface area contributed by atoms with E-state index in [1.54, 1.807) is 0 Å². The molecule has 4 atom stereocenters. The van der Waals surface area contributed by atoms with Crippen molar-refractivity contribution in [3.05, 3.63) is 12.7 Å². The first-order chi connectivity index (χ1) is 10.5. The molecular formula is C17H31BrO3Si. The first-order valence-electron chi connectivity index (χ1n) is 8.69. The summed E-state index contributed by atoms with van der Waals surface area (Å²) >= 11 is 3.44. The predicted molar refractivity (Wildman–Crippen MR) is 97.1 cm³/mol. The van der Waals surface area contributed by atoms with Crippen LogP contribution < -0.4 is 0 Å². The minimum Gasteiger partial charge on any atom is -0.414 e. The van der Waals surface area contributed by atoms with Gasteiger partial charge in [-0.3, -0.25) is 0 Å². The van der Waals surface area contributed by atoms with E-state index in [0.717, 1.165) is 18.2 Å². The molecule has 0 aromatic carbocycles. The first-order valence-corrected chi connectivity index (χ1v) is 12.8. The summed E-state index contributed by atoms with van der Waals surface area (Å²) in [6.07, 6.45) is 10.3. The van der Waals surface area contributed by atoms with E-state index >= 15 is 0 Å². The number of aliphatic hydroxyl groups excluding tert-OH is 1. The first kappa shape index (κ1) is 18.7. The van der Waals surface area contributed by atoms with Gasteiger partial charge in [0.15, 0.2) is 8.32 Å². The molecular weight excluding hydrogens is 360 g/mol. The fraction of sp³-hybridized carbons (Fsp3) is 0.882. The van der Waals surface area contributed by atoms with E-state index in [2.05, 4.69) is 35.6 Å². The van der Waals surface area contributed by atoms with Crippen molar-refractivity contribution in [3.8, 4) is 0 Å². The zero-order valence-electron chi connectivity index (χ0n) is 14.0. The average molecular weight is 391 g/mol. The summed E-state index contributed by atoms with van der Waals surface area (Å²) in [5.41, 5.74) is 0.0356. The highest BCUT2D eigenvalue weighted by atomic mass is 79.9. The van der Waals surface area contributed by atoms with Crippen LogP contribution in [0, 0.1) is 0 Å². The Balaban J connectivity index is 1.89. The molecule has 1 aliphatic carbocycles. The molecule has 2 rings (SSSR count). The predicted octanol–water partition coefficient (Wildman–Crippen LogP) is 4.40.